The monoisotopic (exact) mass is 628 g/mol. The summed E-state index contributed by atoms with van der Waals surface area (Å²) in [5, 5.41) is 0. The number of hydrogen-bond acceptors (Lipinski definition) is 8. The van der Waals surface area contributed by atoms with E-state index in [-0.39, 0.29) is 60.4 Å². The lowest BCUT2D eigenvalue weighted by molar-refractivity contribution is -0.143. The van der Waals surface area contributed by atoms with Crippen LogP contribution in [0, 0.1) is 35.5 Å². The van der Waals surface area contributed by atoms with Crippen LogP contribution in [0.15, 0.2) is 60.7 Å². The molecule has 4 aliphatic rings. The summed E-state index contributed by atoms with van der Waals surface area (Å²) < 4.78 is 11.0. The standard InChI is InChI=1S/C36H40N2O8/c1-21(45-35(43)23-9-5-3-6-10-23)19-37-31(39)27-15-13-25(17-29(27)33(37)41)26-14-16-28-30(18-26)34(42)38(32(28)40)20-22(2)46-36(44)24-11-7-4-8-12-24/h3-12,21-22,25-30H,13-20H2,1-2H3. The highest BCUT2D eigenvalue weighted by molar-refractivity contribution is 6.06. The zero-order valence-corrected chi connectivity index (χ0v) is 26.2. The van der Waals surface area contributed by atoms with Crippen molar-refractivity contribution in [3.8, 4) is 0 Å². The van der Waals surface area contributed by atoms with Gasteiger partial charge < -0.3 is 9.47 Å². The Kier molecular flexibility index (Phi) is 9.06. The summed E-state index contributed by atoms with van der Waals surface area (Å²) in [4.78, 5) is 81.0. The third-order valence-electron chi connectivity index (χ3n) is 10.3. The van der Waals surface area contributed by atoms with Crippen LogP contribution in [-0.2, 0) is 28.7 Å². The predicted octanol–water partition coefficient (Wildman–Crippen LogP) is 4.28. The van der Waals surface area contributed by atoms with Gasteiger partial charge in [-0.2, -0.15) is 0 Å². The van der Waals surface area contributed by atoms with Crippen LogP contribution in [0.25, 0.3) is 0 Å². The quantitative estimate of drug-likeness (QED) is 0.298. The molecule has 0 radical (unpaired) electrons. The van der Waals surface area contributed by atoms with Gasteiger partial charge in [0.2, 0.25) is 23.6 Å². The van der Waals surface area contributed by atoms with Gasteiger partial charge in [-0.15, -0.1) is 0 Å². The molecule has 0 N–H and O–H groups in total. The van der Waals surface area contributed by atoms with E-state index in [0.717, 1.165) is 12.8 Å². The third kappa shape index (κ3) is 6.22. The molecule has 2 heterocycles. The molecule has 4 amide bonds. The van der Waals surface area contributed by atoms with Crippen LogP contribution in [0.1, 0.15) is 73.1 Å². The van der Waals surface area contributed by atoms with Crippen molar-refractivity contribution in [2.45, 2.75) is 64.6 Å². The van der Waals surface area contributed by atoms with Gasteiger partial charge in [-0.25, -0.2) is 9.59 Å². The number of benzene rings is 2. The molecule has 2 aromatic rings. The van der Waals surface area contributed by atoms with Crippen molar-refractivity contribution in [3.05, 3.63) is 71.8 Å². The van der Waals surface area contributed by atoms with Gasteiger partial charge in [-0.05, 0) is 88.5 Å². The molecule has 46 heavy (non-hydrogen) atoms. The molecule has 0 aromatic heterocycles. The van der Waals surface area contributed by atoms with E-state index in [1.165, 1.54) is 9.80 Å². The van der Waals surface area contributed by atoms with Gasteiger partial charge in [0.1, 0.15) is 12.2 Å². The first-order chi connectivity index (χ1) is 22.1. The summed E-state index contributed by atoms with van der Waals surface area (Å²) >= 11 is 0. The number of rotatable bonds is 9. The van der Waals surface area contributed by atoms with Crippen molar-refractivity contribution in [3.63, 3.8) is 0 Å². The van der Waals surface area contributed by atoms with E-state index in [9.17, 15) is 28.8 Å². The molecule has 0 bridgehead atoms. The molecular formula is C36H40N2O8. The average molecular weight is 629 g/mol. The highest BCUT2D eigenvalue weighted by Gasteiger charge is 2.54. The Hall–Kier alpha value is -4.34. The number of fused-ring (bicyclic) bond motifs is 2. The molecule has 2 aliphatic carbocycles. The maximum atomic E-state index is 13.5. The molecule has 0 spiro atoms. The fourth-order valence-electron chi connectivity index (χ4n) is 8.02. The second-order valence-electron chi connectivity index (χ2n) is 13.3. The van der Waals surface area contributed by atoms with Crippen LogP contribution in [-0.4, -0.2) is 70.7 Å². The summed E-state index contributed by atoms with van der Waals surface area (Å²) in [7, 11) is 0. The minimum absolute atomic E-state index is 0.0205. The SMILES string of the molecule is CC(CN1C(=O)C2CCC(C3CCC4C(=O)N(CC(C)OC(=O)c5ccccc5)C(=O)C4C3)CC2C1=O)OC(=O)c1ccccc1. The van der Waals surface area contributed by atoms with Crippen molar-refractivity contribution in [2.75, 3.05) is 13.1 Å². The second-order valence-corrected chi connectivity index (χ2v) is 13.3. The predicted molar refractivity (Wildman–Crippen MR) is 165 cm³/mol. The number of hydrogen-bond donors (Lipinski definition) is 0. The molecule has 4 fully saturated rings. The summed E-state index contributed by atoms with van der Waals surface area (Å²) in [6.45, 7) is 3.41. The van der Waals surface area contributed by atoms with E-state index in [4.69, 9.17) is 9.47 Å². The molecule has 8 atom stereocenters. The fourth-order valence-corrected chi connectivity index (χ4v) is 8.02. The summed E-state index contributed by atoms with van der Waals surface area (Å²) in [6.07, 6.45) is 2.62. The Morgan fingerprint density at radius 1 is 0.587 bits per heavy atom. The van der Waals surface area contributed by atoms with Crippen LogP contribution in [0.3, 0.4) is 0 Å². The van der Waals surface area contributed by atoms with Crippen LogP contribution in [0.2, 0.25) is 0 Å². The minimum Gasteiger partial charge on any atom is -0.457 e. The molecule has 6 rings (SSSR count). The Balaban J connectivity index is 1.03. The van der Waals surface area contributed by atoms with Crippen molar-refractivity contribution in [2.24, 2.45) is 35.5 Å². The molecule has 2 aromatic carbocycles. The molecule has 8 unspecified atom stereocenters. The zero-order valence-electron chi connectivity index (χ0n) is 26.2. The zero-order chi connectivity index (χ0) is 32.5. The number of nitrogens with zero attached hydrogens (tertiary/aromatic N) is 2. The Labute approximate surface area is 268 Å². The van der Waals surface area contributed by atoms with E-state index in [1.807, 2.05) is 0 Å². The number of ether oxygens (including phenoxy) is 2. The van der Waals surface area contributed by atoms with Crippen molar-refractivity contribution < 1.29 is 38.2 Å². The number of likely N-dealkylation sites (tertiary alicyclic amines) is 2. The highest BCUT2D eigenvalue weighted by Crippen LogP contribution is 2.49. The molecule has 2 saturated heterocycles. The van der Waals surface area contributed by atoms with Gasteiger partial charge in [0.25, 0.3) is 0 Å². The first-order valence-electron chi connectivity index (χ1n) is 16.3. The minimum atomic E-state index is -0.648. The van der Waals surface area contributed by atoms with Gasteiger partial charge >= 0.3 is 11.9 Å². The Morgan fingerprint density at radius 3 is 1.30 bits per heavy atom. The average Bonchev–Trinajstić information content (AvgIpc) is 3.44. The van der Waals surface area contributed by atoms with E-state index in [2.05, 4.69) is 0 Å². The van der Waals surface area contributed by atoms with E-state index in [0.29, 0.717) is 36.8 Å². The highest BCUT2D eigenvalue weighted by atomic mass is 16.5. The van der Waals surface area contributed by atoms with E-state index in [1.54, 1.807) is 74.5 Å². The molecule has 2 saturated carbocycles. The number of carbonyl (C=O) groups excluding carboxylic acids is 6. The summed E-state index contributed by atoms with van der Waals surface area (Å²) in [6, 6.07) is 17.2. The number of esters is 2. The first kappa shape index (κ1) is 31.6. The third-order valence-corrected chi connectivity index (χ3v) is 10.3. The van der Waals surface area contributed by atoms with Crippen molar-refractivity contribution in [1.82, 2.24) is 9.80 Å². The smallest absolute Gasteiger partial charge is 0.338 e. The van der Waals surface area contributed by atoms with E-state index >= 15 is 0 Å². The largest absolute Gasteiger partial charge is 0.457 e. The number of imide groups is 2. The first-order valence-corrected chi connectivity index (χ1v) is 16.3. The molecule has 10 heteroatoms. The van der Waals surface area contributed by atoms with Crippen LogP contribution >= 0.6 is 0 Å². The Morgan fingerprint density at radius 2 is 0.935 bits per heavy atom. The molecule has 2 aliphatic heterocycles. The van der Waals surface area contributed by atoms with Gasteiger partial charge in [0, 0.05) is 0 Å². The van der Waals surface area contributed by atoms with Gasteiger partial charge in [0.15, 0.2) is 0 Å². The molecular weight excluding hydrogens is 588 g/mol. The number of carbonyl (C=O) groups is 6. The maximum Gasteiger partial charge on any atom is 0.338 e. The Bertz CT molecular complexity index is 1400. The van der Waals surface area contributed by atoms with Crippen LogP contribution in [0.5, 0.6) is 0 Å². The molecule has 242 valence electrons. The van der Waals surface area contributed by atoms with Crippen LogP contribution in [0.4, 0.5) is 0 Å². The summed E-state index contributed by atoms with van der Waals surface area (Å²) in [5.74, 6) is -3.06. The van der Waals surface area contributed by atoms with Gasteiger partial charge in [0.05, 0.1) is 47.9 Å². The van der Waals surface area contributed by atoms with Gasteiger partial charge in [-0.3, -0.25) is 29.0 Å². The maximum absolute atomic E-state index is 13.5. The normalized spacial score (nSPS) is 28.8. The van der Waals surface area contributed by atoms with Crippen molar-refractivity contribution in [1.29, 1.82) is 0 Å². The molecule has 10 nitrogen and oxygen atoms in total. The topological polar surface area (TPSA) is 127 Å². The van der Waals surface area contributed by atoms with E-state index < -0.39 is 36.0 Å². The lowest BCUT2D eigenvalue weighted by Gasteiger charge is -2.38. The van der Waals surface area contributed by atoms with Crippen LogP contribution < -0.4 is 0 Å². The lowest BCUT2D eigenvalue weighted by Crippen LogP contribution is -2.38. The van der Waals surface area contributed by atoms with Gasteiger partial charge in [-0.1, -0.05) is 36.4 Å². The second kappa shape index (κ2) is 13.2. The number of amides is 4. The van der Waals surface area contributed by atoms with Crippen molar-refractivity contribution >= 4 is 35.6 Å². The lowest BCUT2D eigenvalue weighted by atomic mass is 9.64. The fraction of sp³-hybridized carbons (Fsp3) is 0.500. The summed E-state index contributed by atoms with van der Waals surface area (Å²) in [5.41, 5.74) is 0.817.